The highest BCUT2D eigenvalue weighted by atomic mass is 32.2. The van der Waals surface area contributed by atoms with Crippen LogP contribution in [0.5, 0.6) is 5.75 Å². The molecule has 0 N–H and O–H groups in total. The summed E-state index contributed by atoms with van der Waals surface area (Å²) in [5.41, 5.74) is 2.35. The molecule has 0 saturated carbocycles. The van der Waals surface area contributed by atoms with Crippen LogP contribution in [0.1, 0.15) is 22.8 Å². The molecule has 1 aromatic heterocycles. The fraction of sp³-hybridized carbons (Fsp3) is 0.471. The largest absolute Gasteiger partial charge is 0.496 e. The van der Waals surface area contributed by atoms with Crippen molar-refractivity contribution in [2.75, 3.05) is 26.8 Å². The number of sulfonamides is 1. The van der Waals surface area contributed by atoms with Gasteiger partial charge >= 0.3 is 0 Å². The first kappa shape index (κ1) is 17.9. The lowest BCUT2D eigenvalue weighted by Crippen LogP contribution is -2.42. The van der Waals surface area contributed by atoms with Crippen molar-refractivity contribution in [3.63, 3.8) is 0 Å². The van der Waals surface area contributed by atoms with E-state index in [-0.39, 0.29) is 12.6 Å². The normalized spacial score (nSPS) is 19.1. The number of hydrogen-bond donors (Lipinski definition) is 0. The molecule has 0 unspecified atom stereocenters. The molecule has 0 aliphatic carbocycles. The van der Waals surface area contributed by atoms with Gasteiger partial charge in [-0.05, 0) is 37.1 Å². The molecule has 0 bridgehead atoms. The molecule has 1 saturated heterocycles. The molecule has 3 rings (SSSR count). The van der Waals surface area contributed by atoms with Crippen LogP contribution in [-0.2, 0) is 21.8 Å². The summed E-state index contributed by atoms with van der Waals surface area (Å²) in [4.78, 5) is 0.317. The van der Waals surface area contributed by atoms with Gasteiger partial charge in [0.25, 0.3) is 0 Å². The minimum absolute atomic E-state index is 0.276. The van der Waals surface area contributed by atoms with Gasteiger partial charge in [0.05, 0.1) is 30.9 Å². The Morgan fingerprint density at radius 3 is 2.68 bits per heavy atom. The van der Waals surface area contributed by atoms with Crippen LogP contribution >= 0.6 is 0 Å². The van der Waals surface area contributed by atoms with Crippen molar-refractivity contribution in [3.05, 3.63) is 41.2 Å². The zero-order valence-electron chi connectivity index (χ0n) is 14.9. The smallest absolute Gasteiger partial charge is 0.243 e. The maximum absolute atomic E-state index is 13.2. The lowest BCUT2D eigenvalue weighted by Gasteiger charge is -2.32. The monoisotopic (exact) mass is 365 g/mol. The number of methoxy groups -OCH3 is 1. The molecular weight excluding hydrogens is 342 g/mol. The first-order chi connectivity index (χ1) is 11.8. The van der Waals surface area contributed by atoms with Gasteiger partial charge < -0.3 is 9.47 Å². The van der Waals surface area contributed by atoms with Gasteiger partial charge in [-0.25, -0.2) is 8.42 Å². The van der Waals surface area contributed by atoms with Crippen molar-refractivity contribution in [1.29, 1.82) is 0 Å². The number of aromatic nitrogens is 2. The van der Waals surface area contributed by atoms with E-state index in [1.807, 2.05) is 20.2 Å². The summed E-state index contributed by atoms with van der Waals surface area (Å²) in [7, 11) is -0.200. The van der Waals surface area contributed by atoms with Crippen LogP contribution in [0.4, 0.5) is 0 Å². The Balaban J connectivity index is 1.90. The Morgan fingerprint density at radius 1 is 1.28 bits per heavy atom. The van der Waals surface area contributed by atoms with Gasteiger partial charge in [0.1, 0.15) is 5.75 Å². The number of ether oxygens (including phenoxy) is 2. The van der Waals surface area contributed by atoms with Crippen LogP contribution in [0.25, 0.3) is 0 Å². The van der Waals surface area contributed by atoms with Crippen molar-refractivity contribution in [3.8, 4) is 5.75 Å². The minimum atomic E-state index is -3.60. The summed E-state index contributed by atoms with van der Waals surface area (Å²) < 4.78 is 40.5. The average molecular weight is 365 g/mol. The molecule has 1 aliphatic rings. The van der Waals surface area contributed by atoms with Crippen molar-refractivity contribution in [2.45, 2.75) is 24.8 Å². The quantitative estimate of drug-likeness (QED) is 0.826. The third-order valence-corrected chi connectivity index (χ3v) is 6.44. The van der Waals surface area contributed by atoms with Crippen molar-refractivity contribution in [1.82, 2.24) is 14.1 Å². The Kier molecular flexibility index (Phi) is 4.86. The Hall–Kier alpha value is -1.90. The predicted octanol–water partition coefficient (Wildman–Crippen LogP) is 1.81. The fourth-order valence-corrected chi connectivity index (χ4v) is 4.77. The zero-order valence-corrected chi connectivity index (χ0v) is 15.7. The molecule has 0 spiro atoms. The second-order valence-electron chi connectivity index (χ2n) is 6.26. The number of benzene rings is 1. The molecule has 1 aromatic carbocycles. The molecule has 2 aromatic rings. The van der Waals surface area contributed by atoms with Gasteiger partial charge in [0, 0.05) is 31.9 Å². The van der Waals surface area contributed by atoms with E-state index in [1.54, 1.807) is 37.0 Å². The van der Waals surface area contributed by atoms with Crippen LogP contribution in [0.3, 0.4) is 0 Å². The van der Waals surface area contributed by atoms with E-state index in [9.17, 15) is 8.42 Å². The second kappa shape index (κ2) is 6.78. The van der Waals surface area contributed by atoms with Crippen molar-refractivity contribution >= 4 is 10.0 Å². The van der Waals surface area contributed by atoms with Gasteiger partial charge in [0.15, 0.2) is 0 Å². The van der Waals surface area contributed by atoms with E-state index in [0.717, 1.165) is 11.1 Å². The van der Waals surface area contributed by atoms with Gasteiger partial charge in [-0.15, -0.1) is 0 Å². The third kappa shape index (κ3) is 3.42. The highest BCUT2D eigenvalue weighted by Crippen LogP contribution is 2.30. The van der Waals surface area contributed by atoms with E-state index in [4.69, 9.17) is 9.47 Å². The highest BCUT2D eigenvalue weighted by Gasteiger charge is 2.33. The van der Waals surface area contributed by atoms with E-state index >= 15 is 0 Å². The number of aryl methyl sites for hydroxylation is 3. The van der Waals surface area contributed by atoms with E-state index in [0.29, 0.717) is 29.4 Å². The summed E-state index contributed by atoms with van der Waals surface area (Å²) in [5, 5.41) is 4.14. The fourth-order valence-electron chi connectivity index (χ4n) is 3.05. The first-order valence-electron chi connectivity index (χ1n) is 8.08. The molecule has 7 nitrogen and oxygen atoms in total. The summed E-state index contributed by atoms with van der Waals surface area (Å²) in [6.07, 6.45) is 3.25. The lowest BCUT2D eigenvalue weighted by molar-refractivity contribution is -0.00260. The average Bonchev–Trinajstić information content (AvgIpc) is 3.03. The second-order valence-corrected chi connectivity index (χ2v) is 8.16. The molecular formula is C17H23N3O4S. The predicted molar refractivity (Wildman–Crippen MR) is 93.1 cm³/mol. The molecule has 136 valence electrons. The van der Waals surface area contributed by atoms with Gasteiger partial charge in [-0.1, -0.05) is 0 Å². The van der Waals surface area contributed by atoms with Crippen molar-refractivity contribution in [2.24, 2.45) is 7.05 Å². The number of morpholine rings is 1. The topological polar surface area (TPSA) is 73.7 Å². The third-order valence-electron chi connectivity index (χ3n) is 4.44. The molecule has 1 aliphatic heterocycles. The SMILES string of the molecule is COc1cc(C)c(S(=O)(=O)N2CCO[C@@H](c3cnn(C)c3)C2)cc1C. The zero-order chi connectivity index (χ0) is 18.2. The maximum atomic E-state index is 13.2. The van der Waals surface area contributed by atoms with Crippen LogP contribution in [-0.4, -0.2) is 49.3 Å². The summed E-state index contributed by atoms with van der Waals surface area (Å²) >= 11 is 0. The number of hydrogen-bond acceptors (Lipinski definition) is 5. The molecule has 0 radical (unpaired) electrons. The molecule has 1 atom stereocenters. The molecule has 8 heteroatoms. The molecule has 1 fully saturated rings. The Morgan fingerprint density at radius 2 is 2.04 bits per heavy atom. The highest BCUT2D eigenvalue weighted by molar-refractivity contribution is 7.89. The first-order valence-corrected chi connectivity index (χ1v) is 9.52. The number of rotatable bonds is 4. The van der Waals surface area contributed by atoms with E-state index < -0.39 is 10.0 Å². The molecule has 25 heavy (non-hydrogen) atoms. The van der Waals surface area contributed by atoms with Crippen LogP contribution < -0.4 is 4.74 Å². The van der Waals surface area contributed by atoms with Gasteiger partial charge in [0.2, 0.25) is 10.0 Å². The van der Waals surface area contributed by atoms with E-state index in [2.05, 4.69) is 5.10 Å². The maximum Gasteiger partial charge on any atom is 0.243 e. The number of nitrogens with zero attached hydrogens (tertiary/aromatic N) is 3. The van der Waals surface area contributed by atoms with E-state index in [1.165, 1.54) is 4.31 Å². The molecule has 0 amide bonds. The van der Waals surface area contributed by atoms with Gasteiger partial charge in [-0.2, -0.15) is 9.40 Å². The Labute approximate surface area is 148 Å². The summed E-state index contributed by atoms with van der Waals surface area (Å²) in [6, 6.07) is 3.44. The van der Waals surface area contributed by atoms with Crippen LogP contribution in [0.15, 0.2) is 29.4 Å². The van der Waals surface area contributed by atoms with Gasteiger partial charge in [-0.3, -0.25) is 4.68 Å². The summed E-state index contributed by atoms with van der Waals surface area (Å²) in [6.45, 7) is 4.60. The standard InChI is InChI=1S/C17H23N3O4S/c1-12-8-17(13(2)7-15(12)23-4)25(21,22)20-5-6-24-16(11-20)14-9-18-19(3)10-14/h7-10,16H,5-6,11H2,1-4H3/t16-/m1/s1. The summed E-state index contributed by atoms with van der Waals surface area (Å²) in [5.74, 6) is 0.687. The van der Waals surface area contributed by atoms with Crippen LogP contribution in [0.2, 0.25) is 0 Å². The Bertz CT molecular complexity index is 876. The van der Waals surface area contributed by atoms with Crippen LogP contribution in [0, 0.1) is 13.8 Å². The minimum Gasteiger partial charge on any atom is -0.496 e. The van der Waals surface area contributed by atoms with Crippen molar-refractivity contribution < 1.29 is 17.9 Å². The molecule has 2 heterocycles. The lowest BCUT2D eigenvalue weighted by atomic mass is 10.1.